The smallest absolute Gasteiger partial charge is 0.228 e. The van der Waals surface area contributed by atoms with Gasteiger partial charge in [-0.1, -0.05) is 79.7 Å². The highest BCUT2D eigenvalue weighted by Crippen LogP contribution is 2.42. The average molecular weight is 522 g/mol. The second kappa shape index (κ2) is 11.7. The third kappa shape index (κ3) is 5.38. The predicted molar refractivity (Wildman–Crippen MR) is 156 cm³/mol. The van der Waals surface area contributed by atoms with Crippen LogP contribution in [-0.2, 0) is 11.3 Å². The van der Waals surface area contributed by atoms with Gasteiger partial charge in [-0.05, 0) is 53.9 Å². The number of allylic oxidation sites excluding steroid dienone is 3. The van der Waals surface area contributed by atoms with E-state index in [1.807, 2.05) is 0 Å². The van der Waals surface area contributed by atoms with E-state index in [4.69, 9.17) is 0 Å². The molecule has 0 radical (unpaired) electrons. The number of likely N-dealkylation sites (tertiary alicyclic amines) is 1. The standard InChI is InChI=1S/C34H40N4O/c1-2-18-37-24-28(21-36-37)29-15-9-10-16-30(29)31-22-35-23-32(31)34(39)38-19-17-27(25-11-5-3-6-12-25)20-33(38)26-13-7-4-8-14-26/h3-8,10-14,16,21,24,27,31-33,35H,2,9,15,17-20,22-23H2,1H3/p+1/t27-,31-,32+,33+/m0/s1. The number of H-pyrrole nitrogens is 1. The molecule has 2 fully saturated rings. The number of piperidine rings is 1. The molecule has 5 nitrogen and oxygen atoms in total. The van der Waals surface area contributed by atoms with E-state index >= 15 is 0 Å². The Bertz CT molecular complexity index is 1330. The van der Waals surface area contributed by atoms with Crippen molar-refractivity contribution in [3.8, 4) is 0 Å². The first-order valence-corrected chi connectivity index (χ1v) is 14.8. The summed E-state index contributed by atoms with van der Waals surface area (Å²) >= 11 is 0. The van der Waals surface area contributed by atoms with Crippen molar-refractivity contribution in [1.29, 1.82) is 0 Å². The van der Waals surface area contributed by atoms with Gasteiger partial charge in [-0.15, -0.1) is 4.68 Å². The highest BCUT2D eigenvalue weighted by Gasteiger charge is 2.42. The fourth-order valence-corrected chi connectivity index (χ4v) is 7.00. The molecule has 1 amide bonds. The van der Waals surface area contributed by atoms with E-state index in [9.17, 15) is 4.79 Å². The number of hydrogen-bond donors (Lipinski definition) is 2. The van der Waals surface area contributed by atoms with Crippen molar-refractivity contribution in [3.63, 3.8) is 0 Å². The molecule has 2 saturated heterocycles. The van der Waals surface area contributed by atoms with Gasteiger partial charge >= 0.3 is 0 Å². The summed E-state index contributed by atoms with van der Waals surface area (Å²) in [4.78, 5) is 16.7. The first-order chi connectivity index (χ1) is 19.2. The van der Waals surface area contributed by atoms with Crippen LogP contribution >= 0.6 is 0 Å². The van der Waals surface area contributed by atoms with Gasteiger partial charge in [-0.3, -0.25) is 4.79 Å². The van der Waals surface area contributed by atoms with E-state index in [1.165, 1.54) is 27.8 Å². The van der Waals surface area contributed by atoms with Crippen LogP contribution in [-0.4, -0.2) is 35.5 Å². The quantitative estimate of drug-likeness (QED) is 0.386. The van der Waals surface area contributed by atoms with Crippen molar-refractivity contribution in [1.82, 2.24) is 15.3 Å². The van der Waals surface area contributed by atoms with Crippen LogP contribution in [0.5, 0.6) is 0 Å². The van der Waals surface area contributed by atoms with Crippen LogP contribution in [0.1, 0.15) is 67.7 Å². The van der Waals surface area contributed by atoms with Gasteiger partial charge in [-0.25, -0.2) is 0 Å². The molecule has 3 aromatic rings. The summed E-state index contributed by atoms with van der Waals surface area (Å²) in [5.41, 5.74) is 6.66. The number of rotatable bonds is 7. The lowest BCUT2D eigenvalue weighted by molar-refractivity contribution is -0.750. The molecule has 2 aromatic carbocycles. The topological polar surface area (TPSA) is 52.0 Å². The van der Waals surface area contributed by atoms with Gasteiger partial charge in [0.05, 0.1) is 23.7 Å². The third-order valence-corrected chi connectivity index (χ3v) is 8.97. The minimum absolute atomic E-state index is 0.0426. The molecule has 0 bridgehead atoms. The zero-order chi connectivity index (χ0) is 26.6. The monoisotopic (exact) mass is 521 g/mol. The number of benzene rings is 2. The first-order valence-electron chi connectivity index (χ1n) is 14.8. The Kier molecular flexibility index (Phi) is 7.78. The van der Waals surface area contributed by atoms with Crippen molar-refractivity contribution in [2.24, 2.45) is 11.8 Å². The molecule has 6 rings (SSSR count). The molecule has 39 heavy (non-hydrogen) atoms. The van der Waals surface area contributed by atoms with Crippen molar-refractivity contribution in [3.05, 3.63) is 107 Å². The summed E-state index contributed by atoms with van der Waals surface area (Å²) in [6, 6.07) is 21.6. The number of aryl methyl sites for hydroxylation is 1. The minimum Gasteiger partial charge on any atom is -0.335 e. The van der Waals surface area contributed by atoms with Gasteiger partial charge in [0.15, 0.2) is 6.54 Å². The average Bonchev–Trinajstić information content (AvgIpc) is 3.68. The van der Waals surface area contributed by atoms with E-state index in [2.05, 4.69) is 112 Å². The molecule has 202 valence electrons. The maximum Gasteiger partial charge on any atom is 0.228 e. The maximum atomic E-state index is 14.4. The van der Waals surface area contributed by atoms with Gasteiger partial charge in [0.2, 0.25) is 12.1 Å². The number of amides is 1. The fraction of sp³-hybridized carbons (Fsp3) is 0.412. The summed E-state index contributed by atoms with van der Waals surface area (Å²) in [6.07, 6.45) is 14.2. The van der Waals surface area contributed by atoms with Crippen molar-refractivity contribution in [2.75, 3.05) is 19.6 Å². The highest BCUT2D eigenvalue weighted by molar-refractivity contribution is 5.82. The Labute approximate surface area is 232 Å². The Morgan fingerprint density at radius 3 is 2.56 bits per heavy atom. The van der Waals surface area contributed by atoms with Crippen LogP contribution < -0.4 is 10.00 Å². The maximum absolute atomic E-state index is 14.4. The first kappa shape index (κ1) is 25.8. The van der Waals surface area contributed by atoms with Gasteiger partial charge in [0.25, 0.3) is 0 Å². The molecule has 3 aliphatic rings. The summed E-state index contributed by atoms with van der Waals surface area (Å²) in [7, 11) is 0. The van der Waals surface area contributed by atoms with Gasteiger partial charge in [0, 0.05) is 32.0 Å². The Balaban J connectivity index is 1.29. The summed E-state index contributed by atoms with van der Waals surface area (Å²) in [6.45, 7) is 5.60. The summed E-state index contributed by atoms with van der Waals surface area (Å²) in [5.74, 6) is 0.934. The SMILES string of the molecule is CCC[n+]1cc(C2=C([C@@H]3CNC[C@H]3C(=O)N3CC[C@H](c4ccccc4)C[C@@H]3c3ccccc3)C=CCC2)c[nH]1. The Morgan fingerprint density at radius 2 is 1.79 bits per heavy atom. The van der Waals surface area contributed by atoms with Crippen molar-refractivity contribution < 1.29 is 9.48 Å². The number of nitrogens with zero attached hydrogens (tertiary/aromatic N) is 2. The number of carbonyl (C=O) groups is 1. The summed E-state index contributed by atoms with van der Waals surface area (Å²) in [5, 5.41) is 7.01. The van der Waals surface area contributed by atoms with E-state index < -0.39 is 0 Å². The van der Waals surface area contributed by atoms with E-state index in [1.54, 1.807) is 0 Å². The van der Waals surface area contributed by atoms with Crippen molar-refractivity contribution in [2.45, 2.75) is 57.5 Å². The van der Waals surface area contributed by atoms with E-state index in [0.717, 1.165) is 58.3 Å². The second-order valence-electron chi connectivity index (χ2n) is 11.4. The lowest BCUT2D eigenvalue weighted by atomic mass is 9.78. The zero-order valence-electron chi connectivity index (χ0n) is 23.1. The Morgan fingerprint density at radius 1 is 1.03 bits per heavy atom. The zero-order valence-corrected chi connectivity index (χ0v) is 23.1. The fourth-order valence-electron chi connectivity index (χ4n) is 7.00. The molecule has 2 aliphatic heterocycles. The predicted octanol–water partition coefficient (Wildman–Crippen LogP) is 5.80. The number of aromatic nitrogens is 2. The van der Waals surface area contributed by atoms with Crippen LogP contribution in [0, 0.1) is 11.8 Å². The lowest BCUT2D eigenvalue weighted by Crippen LogP contribution is -2.45. The number of hydrogen-bond acceptors (Lipinski definition) is 2. The minimum atomic E-state index is -0.0426. The number of aromatic amines is 1. The normalized spacial score (nSPS) is 25.3. The Hall–Kier alpha value is -3.44. The van der Waals surface area contributed by atoms with Gasteiger partial charge in [-0.2, -0.15) is 5.10 Å². The van der Waals surface area contributed by atoms with Crippen LogP contribution in [0.25, 0.3) is 5.57 Å². The third-order valence-electron chi connectivity index (χ3n) is 8.97. The molecule has 1 aliphatic carbocycles. The molecule has 5 heteroatoms. The van der Waals surface area contributed by atoms with Crippen molar-refractivity contribution >= 4 is 11.5 Å². The highest BCUT2D eigenvalue weighted by atomic mass is 16.2. The molecular formula is C34H41N4O+. The largest absolute Gasteiger partial charge is 0.335 e. The summed E-state index contributed by atoms with van der Waals surface area (Å²) < 4.78 is 2.18. The van der Waals surface area contributed by atoms with Crippen LogP contribution in [0.15, 0.2) is 90.8 Å². The molecule has 4 atom stereocenters. The molecule has 0 unspecified atom stereocenters. The van der Waals surface area contributed by atoms with Gasteiger partial charge in [0.1, 0.15) is 0 Å². The second-order valence-corrected chi connectivity index (χ2v) is 11.4. The van der Waals surface area contributed by atoms with E-state index in [-0.39, 0.29) is 17.9 Å². The van der Waals surface area contributed by atoms with Crippen LogP contribution in [0.3, 0.4) is 0 Å². The molecule has 0 spiro atoms. The molecule has 0 saturated carbocycles. The number of nitrogens with one attached hydrogen (secondary N) is 2. The molecule has 2 N–H and O–H groups in total. The van der Waals surface area contributed by atoms with Crippen LogP contribution in [0.4, 0.5) is 0 Å². The lowest BCUT2D eigenvalue weighted by Gasteiger charge is -2.42. The number of carbonyl (C=O) groups excluding carboxylic acids is 1. The van der Waals surface area contributed by atoms with Crippen LogP contribution in [0.2, 0.25) is 0 Å². The van der Waals surface area contributed by atoms with E-state index in [0.29, 0.717) is 11.8 Å². The molecular weight excluding hydrogens is 480 g/mol. The van der Waals surface area contributed by atoms with Gasteiger partial charge < -0.3 is 10.2 Å². The molecule has 3 heterocycles. The molecule has 1 aromatic heterocycles.